The first-order valence-corrected chi connectivity index (χ1v) is 28.7. The molecule has 0 saturated carbocycles. The monoisotopic (exact) mass is 1110 g/mol. The molecule has 0 saturated heterocycles. The number of pyridine rings is 1. The molecule has 0 bridgehead atoms. The van der Waals surface area contributed by atoms with Gasteiger partial charge in [-0.25, -0.2) is 0 Å². The number of nitrogens with one attached hydrogen (secondary N) is 2. The second-order valence-corrected chi connectivity index (χ2v) is 24.4. The number of primary amides is 1. The first-order valence-electron chi connectivity index (χ1n) is 28.7. The van der Waals surface area contributed by atoms with Crippen LogP contribution in [0.4, 0.5) is 0 Å². The van der Waals surface area contributed by atoms with Gasteiger partial charge in [0.15, 0.2) is 0 Å². The Hall–Kier alpha value is -5.66. The van der Waals surface area contributed by atoms with Gasteiger partial charge in [0.1, 0.15) is 42.3 Å². The van der Waals surface area contributed by atoms with Crippen LogP contribution in [0, 0.1) is 41.4 Å². The minimum atomic E-state index is -1.55. The topological polar surface area (TPSA) is 256 Å². The first-order chi connectivity index (χ1) is 36.6. The third-order valence-electron chi connectivity index (χ3n) is 14.9. The second-order valence-electron chi connectivity index (χ2n) is 24.4. The summed E-state index contributed by atoms with van der Waals surface area (Å²) < 4.78 is 0. The van der Waals surface area contributed by atoms with Crippen LogP contribution in [0.15, 0.2) is 24.5 Å². The molecule has 1 heterocycles. The smallest absolute Gasteiger partial charge is 0.246 e. The van der Waals surface area contributed by atoms with Gasteiger partial charge in [-0.1, -0.05) is 96.9 Å². The number of carbonyl (C=O) groups excluding carboxylic acids is 9. The predicted molar refractivity (Wildman–Crippen MR) is 308 cm³/mol. The number of rotatable bonds is 34. The highest BCUT2D eigenvalue weighted by molar-refractivity contribution is 5.97. The van der Waals surface area contributed by atoms with Crippen LogP contribution >= 0.6 is 0 Å². The molecule has 1 aromatic rings. The molecule has 79 heavy (non-hydrogen) atoms. The van der Waals surface area contributed by atoms with E-state index in [9.17, 15) is 48.3 Å². The van der Waals surface area contributed by atoms with Crippen LogP contribution in [0.2, 0.25) is 0 Å². The van der Waals surface area contributed by atoms with Gasteiger partial charge < -0.3 is 50.9 Å². The molecule has 0 aliphatic heterocycles. The minimum absolute atomic E-state index is 0.0244. The Bertz CT molecular complexity index is 2140. The van der Waals surface area contributed by atoms with Crippen LogP contribution in [-0.2, 0) is 49.6 Å². The zero-order valence-electron chi connectivity index (χ0n) is 51.9. The Morgan fingerprint density at radius 3 is 1.54 bits per heavy atom. The highest BCUT2D eigenvalue weighted by atomic mass is 16.3. The fourth-order valence-corrected chi connectivity index (χ4v) is 9.83. The Morgan fingerprint density at radius 1 is 0.557 bits per heavy atom. The summed E-state index contributed by atoms with van der Waals surface area (Å²) in [5, 5.41) is 17.8. The zero-order chi connectivity index (χ0) is 60.9. The van der Waals surface area contributed by atoms with Gasteiger partial charge in [0.2, 0.25) is 53.2 Å². The van der Waals surface area contributed by atoms with E-state index in [1.54, 1.807) is 61.0 Å². The van der Waals surface area contributed by atoms with E-state index >= 15 is 0 Å². The van der Waals surface area contributed by atoms with E-state index < -0.39 is 120 Å². The Kier molecular flexibility index (Phi) is 30.5. The van der Waals surface area contributed by atoms with E-state index in [-0.39, 0.29) is 48.8 Å². The van der Waals surface area contributed by atoms with Crippen molar-refractivity contribution < 1.29 is 48.3 Å². The van der Waals surface area contributed by atoms with Crippen molar-refractivity contribution in [1.29, 1.82) is 0 Å². The van der Waals surface area contributed by atoms with E-state index in [1.807, 2.05) is 67.5 Å². The third-order valence-corrected chi connectivity index (χ3v) is 14.9. The number of hydrogen-bond donors (Lipinski definition) is 4. The van der Waals surface area contributed by atoms with E-state index in [0.717, 1.165) is 15.4 Å². The molecule has 0 aliphatic carbocycles. The van der Waals surface area contributed by atoms with Crippen molar-refractivity contribution in [1.82, 2.24) is 45.0 Å². The maximum atomic E-state index is 15.0. The van der Waals surface area contributed by atoms with Gasteiger partial charge in [0, 0.05) is 61.1 Å². The molecule has 20 nitrogen and oxygen atoms in total. The van der Waals surface area contributed by atoms with Crippen LogP contribution < -0.4 is 16.4 Å². The highest BCUT2D eigenvalue weighted by Crippen LogP contribution is 2.25. The fraction of sp³-hybridized carbons (Fsp3) is 0.763. The summed E-state index contributed by atoms with van der Waals surface area (Å²) in [6.07, 6.45) is 5.54. The largest absolute Gasteiger partial charge is 0.390 e. The van der Waals surface area contributed by atoms with E-state index in [0.29, 0.717) is 38.5 Å². The quantitative estimate of drug-likeness (QED) is 0.0733. The summed E-state index contributed by atoms with van der Waals surface area (Å²) in [4.78, 5) is 138. The van der Waals surface area contributed by atoms with Gasteiger partial charge in [0.05, 0.1) is 12.6 Å². The van der Waals surface area contributed by atoms with Crippen LogP contribution in [0.5, 0.6) is 0 Å². The van der Waals surface area contributed by atoms with Gasteiger partial charge in [-0.05, 0) is 110 Å². The summed E-state index contributed by atoms with van der Waals surface area (Å²) in [6.45, 7) is 25.5. The van der Waals surface area contributed by atoms with Crippen molar-refractivity contribution in [3.05, 3.63) is 30.1 Å². The van der Waals surface area contributed by atoms with Crippen molar-refractivity contribution in [2.24, 2.45) is 47.2 Å². The predicted octanol–water partition coefficient (Wildman–Crippen LogP) is 4.75. The summed E-state index contributed by atoms with van der Waals surface area (Å²) >= 11 is 0. The summed E-state index contributed by atoms with van der Waals surface area (Å²) in [5.41, 5.74) is 6.74. The standard InChI is InChI=1S/C59H104N10O10/c1-21-43(56(76)64(15)34-48(71)65(16)45(32-37(6)7)54(74)63-49(39(10)11)58(78)67(18)44(53(60)73)31-36(4)5)62-55(75)51(52(72)41(14)23-22-24-42-27-29-61-30-28-42)69(20)59(79)50(40(12)13)68(19)57(77)46(33-38(8)9)66(17)47(70)26-25-35(2)3/h27-30,35-41,43-46,49-52,72H,21-26,31-34H2,1-20H3,(H2,60,73)(H,62,75)(H,63,74)/t41-,43+,44+,45+,46+,49+,50+,51+,52-/m1/s1. The zero-order valence-corrected chi connectivity index (χ0v) is 51.9. The molecule has 5 N–H and O–H groups in total. The Morgan fingerprint density at radius 2 is 1.06 bits per heavy atom. The second kappa shape index (κ2) is 33.8. The van der Waals surface area contributed by atoms with Gasteiger partial charge in [-0.15, -0.1) is 0 Å². The van der Waals surface area contributed by atoms with Crippen molar-refractivity contribution in [3.8, 4) is 0 Å². The molecule has 1 aromatic heterocycles. The van der Waals surface area contributed by atoms with Crippen LogP contribution in [0.3, 0.4) is 0 Å². The van der Waals surface area contributed by atoms with Gasteiger partial charge >= 0.3 is 0 Å². The molecule has 0 radical (unpaired) electrons. The Balaban J connectivity index is 3.63. The van der Waals surface area contributed by atoms with Gasteiger partial charge in [-0.3, -0.25) is 48.1 Å². The van der Waals surface area contributed by atoms with E-state index in [1.165, 1.54) is 54.8 Å². The lowest BCUT2D eigenvalue weighted by Crippen LogP contribution is -2.63. The molecule has 0 aromatic carbocycles. The van der Waals surface area contributed by atoms with E-state index in [2.05, 4.69) is 15.6 Å². The minimum Gasteiger partial charge on any atom is -0.390 e. The van der Waals surface area contributed by atoms with Crippen LogP contribution in [0.25, 0.3) is 0 Å². The molecule has 9 atom stereocenters. The molecule has 0 aliphatic rings. The molecule has 450 valence electrons. The lowest BCUT2D eigenvalue weighted by molar-refractivity contribution is -0.156. The number of amides is 9. The number of aryl methyl sites for hydroxylation is 1. The lowest BCUT2D eigenvalue weighted by atomic mass is 9.89. The number of aliphatic hydroxyl groups excluding tert-OH is 1. The SMILES string of the molecule is CC[C@H](NC(=O)[C@H]([C@H](O)[C@H](C)CCCc1ccncc1)N(C)C(=O)[C@H](C(C)C)N(C)C(=O)[C@H](CC(C)C)N(C)C(=O)CCC(C)C)C(=O)N(C)CC(=O)N(C)[C@@H](CC(C)C)C(=O)N[C@H](C(=O)N(C)[C@@H](CC(C)C)C(N)=O)C(C)C. The number of aliphatic hydroxyl groups is 1. The van der Waals surface area contributed by atoms with Gasteiger partial charge in [-0.2, -0.15) is 0 Å². The average molecular weight is 1110 g/mol. The van der Waals surface area contributed by atoms with E-state index in [4.69, 9.17) is 5.73 Å². The van der Waals surface area contributed by atoms with Crippen molar-refractivity contribution in [3.63, 3.8) is 0 Å². The normalized spacial score (nSPS) is 15.1. The molecule has 0 unspecified atom stereocenters. The summed E-state index contributed by atoms with van der Waals surface area (Å²) in [5.74, 6) is -6.28. The first kappa shape index (κ1) is 71.4. The third kappa shape index (κ3) is 22.1. The number of hydrogen-bond acceptors (Lipinski definition) is 11. The molecule has 9 amide bonds. The maximum Gasteiger partial charge on any atom is 0.246 e. The number of carbonyl (C=O) groups is 9. The van der Waals surface area contributed by atoms with Crippen molar-refractivity contribution in [2.75, 3.05) is 48.8 Å². The molecule has 20 heteroatoms. The summed E-state index contributed by atoms with van der Waals surface area (Å²) in [6, 6.07) is -4.00. The lowest BCUT2D eigenvalue weighted by Gasteiger charge is -2.41. The van der Waals surface area contributed by atoms with Gasteiger partial charge in [0.25, 0.3) is 0 Å². The van der Waals surface area contributed by atoms with Crippen molar-refractivity contribution in [2.45, 2.75) is 203 Å². The molecular weight excluding hydrogens is 1010 g/mol. The fourth-order valence-electron chi connectivity index (χ4n) is 9.83. The van der Waals surface area contributed by atoms with Crippen LogP contribution in [0.1, 0.15) is 154 Å². The van der Waals surface area contributed by atoms with Crippen LogP contribution in [-0.4, -0.2) is 190 Å². The molecule has 1 rings (SSSR count). The molecule has 0 fully saturated rings. The summed E-state index contributed by atoms with van der Waals surface area (Å²) in [7, 11) is 8.84. The molecular formula is C59H104N10O10. The number of aromatic nitrogens is 1. The Labute approximate surface area is 474 Å². The highest BCUT2D eigenvalue weighted by Gasteiger charge is 2.44. The van der Waals surface area contributed by atoms with Crippen molar-refractivity contribution >= 4 is 53.2 Å². The maximum absolute atomic E-state index is 15.0. The molecule has 0 spiro atoms. The number of nitrogens with zero attached hydrogens (tertiary/aromatic N) is 7. The average Bonchev–Trinajstić information content (AvgIpc) is 3.37. The number of likely N-dealkylation sites (N-methyl/N-ethyl adjacent to an activating group) is 6. The number of nitrogens with two attached hydrogens (primary N) is 1.